The lowest BCUT2D eigenvalue weighted by atomic mass is 9.91. The minimum absolute atomic E-state index is 0.174. The van der Waals surface area contributed by atoms with Crippen LogP contribution in [0.1, 0.15) is 51.4 Å². The van der Waals surface area contributed by atoms with Gasteiger partial charge in [0.05, 0.1) is 5.69 Å². The second-order valence-corrected chi connectivity index (χ2v) is 8.46. The van der Waals surface area contributed by atoms with Crippen LogP contribution in [0.5, 0.6) is 0 Å². The van der Waals surface area contributed by atoms with E-state index in [0.29, 0.717) is 18.4 Å². The predicted molar refractivity (Wildman–Crippen MR) is 113 cm³/mol. The number of fused-ring (bicyclic) bond motifs is 1. The van der Waals surface area contributed by atoms with Gasteiger partial charge in [-0.1, -0.05) is 12.8 Å². The number of hydrogen-bond donors (Lipinski definition) is 2. The number of piperidine rings is 1. The van der Waals surface area contributed by atoms with Crippen LogP contribution in [0.15, 0.2) is 30.7 Å². The summed E-state index contributed by atoms with van der Waals surface area (Å²) in [4.78, 5) is 30.5. The van der Waals surface area contributed by atoms with Crippen LogP contribution < -0.4 is 10.6 Å². The Bertz CT molecular complexity index is 837. The van der Waals surface area contributed by atoms with Gasteiger partial charge >= 0.3 is 6.03 Å². The highest BCUT2D eigenvalue weighted by molar-refractivity contribution is 5.89. The number of nitrogens with one attached hydrogen (secondary N) is 2. The van der Waals surface area contributed by atoms with Crippen LogP contribution in [0, 0.1) is 11.8 Å². The Balaban J connectivity index is 1.06. The maximum Gasteiger partial charge on any atom is 0.319 e. The molecule has 1 saturated carbocycles. The number of imidazole rings is 1. The molecule has 7 nitrogen and oxygen atoms in total. The largest absolute Gasteiger partial charge is 0.343 e. The summed E-state index contributed by atoms with van der Waals surface area (Å²) in [5.41, 5.74) is 1.60. The molecular formula is C22H31N5O2. The molecule has 0 bridgehead atoms. The summed E-state index contributed by atoms with van der Waals surface area (Å²) in [6.45, 7) is 2.54. The molecule has 7 heteroatoms. The molecule has 3 heterocycles. The van der Waals surface area contributed by atoms with Crippen molar-refractivity contribution in [1.29, 1.82) is 0 Å². The summed E-state index contributed by atoms with van der Waals surface area (Å²) in [5, 5.41) is 5.79. The molecule has 156 valence electrons. The predicted octanol–water partition coefficient (Wildman–Crippen LogP) is 3.66. The Morgan fingerprint density at radius 3 is 2.69 bits per heavy atom. The number of pyridine rings is 1. The van der Waals surface area contributed by atoms with Gasteiger partial charge in [-0.25, -0.2) is 9.78 Å². The van der Waals surface area contributed by atoms with Gasteiger partial charge in [0.1, 0.15) is 5.65 Å². The first-order valence-corrected chi connectivity index (χ1v) is 10.9. The second kappa shape index (κ2) is 9.29. The van der Waals surface area contributed by atoms with Crippen molar-refractivity contribution in [3.8, 4) is 0 Å². The van der Waals surface area contributed by atoms with E-state index in [4.69, 9.17) is 0 Å². The first-order chi connectivity index (χ1) is 14.2. The van der Waals surface area contributed by atoms with Gasteiger partial charge in [0, 0.05) is 44.6 Å². The first kappa shape index (κ1) is 19.7. The van der Waals surface area contributed by atoms with Crippen LogP contribution in [0.25, 0.3) is 5.65 Å². The third-order valence-corrected chi connectivity index (χ3v) is 6.10. The highest BCUT2D eigenvalue weighted by atomic mass is 16.2. The fourth-order valence-electron chi connectivity index (χ4n) is 4.10. The second-order valence-electron chi connectivity index (χ2n) is 8.46. The number of nitrogens with zero attached hydrogens (tertiary/aromatic N) is 3. The lowest BCUT2D eigenvalue weighted by molar-refractivity contribution is -0.133. The monoisotopic (exact) mass is 397 g/mol. The molecule has 1 aliphatic heterocycles. The van der Waals surface area contributed by atoms with Crippen molar-refractivity contribution in [2.24, 2.45) is 11.8 Å². The number of aromatic nitrogens is 2. The Morgan fingerprint density at radius 2 is 1.90 bits per heavy atom. The molecule has 2 aromatic rings. The summed E-state index contributed by atoms with van der Waals surface area (Å²) in [5.74, 6) is 1.77. The van der Waals surface area contributed by atoms with Gasteiger partial charge in [-0.15, -0.1) is 0 Å². The van der Waals surface area contributed by atoms with Gasteiger partial charge < -0.3 is 19.9 Å². The zero-order chi connectivity index (χ0) is 20.1. The van der Waals surface area contributed by atoms with Crippen molar-refractivity contribution >= 4 is 23.3 Å². The number of rotatable bonds is 8. The van der Waals surface area contributed by atoms with E-state index in [-0.39, 0.29) is 6.03 Å². The molecular weight excluding hydrogens is 366 g/mol. The molecule has 0 radical (unpaired) electrons. The molecule has 1 aliphatic carbocycles. The summed E-state index contributed by atoms with van der Waals surface area (Å²) in [7, 11) is 0. The van der Waals surface area contributed by atoms with E-state index >= 15 is 0 Å². The number of carbonyl (C=O) groups is 2. The molecule has 2 N–H and O–H groups in total. The van der Waals surface area contributed by atoms with Crippen molar-refractivity contribution in [3.63, 3.8) is 0 Å². The maximum absolute atomic E-state index is 12.2. The fourth-order valence-corrected chi connectivity index (χ4v) is 4.10. The lowest BCUT2D eigenvalue weighted by Gasteiger charge is -2.32. The molecule has 2 aliphatic rings. The molecule has 2 aromatic heterocycles. The summed E-state index contributed by atoms with van der Waals surface area (Å²) >= 11 is 0. The van der Waals surface area contributed by atoms with E-state index in [1.165, 1.54) is 19.3 Å². The number of urea groups is 1. The number of amides is 3. The van der Waals surface area contributed by atoms with Gasteiger partial charge in [0.15, 0.2) is 0 Å². The van der Waals surface area contributed by atoms with Crippen molar-refractivity contribution in [2.45, 2.75) is 51.4 Å². The molecule has 0 unspecified atom stereocenters. The standard InChI is InChI=1S/C22H31N5O2/c28-21(15-18-4-5-18)26-12-8-17(9-13-26)3-1-2-10-24-22(29)25-19-6-7-20-23-11-14-27(20)16-19/h6-7,11,14,16-18H,1-5,8-10,12-13,15H2,(H2,24,25,29). The molecule has 0 aromatic carbocycles. The highest BCUT2D eigenvalue weighted by Gasteiger charge is 2.28. The third kappa shape index (κ3) is 5.71. The van der Waals surface area contributed by atoms with Crippen LogP contribution in [0.3, 0.4) is 0 Å². The smallest absolute Gasteiger partial charge is 0.319 e. The normalized spacial score (nSPS) is 17.4. The number of hydrogen-bond acceptors (Lipinski definition) is 3. The quantitative estimate of drug-likeness (QED) is 0.667. The Kier molecular flexibility index (Phi) is 6.32. The van der Waals surface area contributed by atoms with Gasteiger partial charge in [0.25, 0.3) is 0 Å². The average Bonchev–Trinajstić information content (AvgIpc) is 3.41. The molecule has 29 heavy (non-hydrogen) atoms. The number of carbonyl (C=O) groups excluding carboxylic acids is 2. The van der Waals surface area contributed by atoms with E-state index in [1.807, 2.05) is 28.9 Å². The number of anilines is 1. The topological polar surface area (TPSA) is 78.7 Å². The molecule has 2 fully saturated rings. The van der Waals surface area contributed by atoms with E-state index < -0.39 is 0 Å². The number of likely N-dealkylation sites (tertiary alicyclic amines) is 1. The first-order valence-electron chi connectivity index (χ1n) is 10.9. The van der Waals surface area contributed by atoms with Crippen LogP contribution in [0.2, 0.25) is 0 Å². The Morgan fingerprint density at radius 1 is 1.07 bits per heavy atom. The fraction of sp³-hybridized carbons (Fsp3) is 0.591. The van der Waals surface area contributed by atoms with Crippen molar-refractivity contribution in [1.82, 2.24) is 19.6 Å². The van der Waals surface area contributed by atoms with Crippen LogP contribution in [-0.2, 0) is 4.79 Å². The van der Waals surface area contributed by atoms with Crippen LogP contribution in [0.4, 0.5) is 10.5 Å². The molecule has 1 saturated heterocycles. The molecule has 3 amide bonds. The minimum atomic E-state index is -0.174. The lowest BCUT2D eigenvalue weighted by Crippen LogP contribution is -2.38. The van der Waals surface area contributed by atoms with Crippen LogP contribution in [-0.4, -0.2) is 45.9 Å². The summed E-state index contributed by atoms with van der Waals surface area (Å²) in [6.07, 6.45) is 14.2. The summed E-state index contributed by atoms with van der Waals surface area (Å²) in [6, 6.07) is 3.55. The van der Waals surface area contributed by atoms with E-state index in [1.54, 1.807) is 6.20 Å². The minimum Gasteiger partial charge on any atom is -0.343 e. The van der Waals surface area contributed by atoms with Gasteiger partial charge in [-0.05, 0) is 56.1 Å². The van der Waals surface area contributed by atoms with Gasteiger partial charge in [0.2, 0.25) is 5.91 Å². The SMILES string of the molecule is O=C(NCCCCC1CCN(C(=O)CC2CC2)CC1)Nc1ccc2nccn2c1. The van der Waals surface area contributed by atoms with E-state index in [2.05, 4.69) is 20.5 Å². The number of unbranched alkanes of at least 4 members (excludes halogenated alkanes) is 1. The van der Waals surface area contributed by atoms with Gasteiger partial charge in [-0.2, -0.15) is 0 Å². The Hall–Kier alpha value is -2.57. The van der Waals surface area contributed by atoms with Crippen molar-refractivity contribution < 1.29 is 9.59 Å². The maximum atomic E-state index is 12.2. The molecule has 4 rings (SSSR count). The zero-order valence-electron chi connectivity index (χ0n) is 17.0. The van der Waals surface area contributed by atoms with Crippen molar-refractivity contribution in [2.75, 3.05) is 25.0 Å². The Labute approximate surface area is 171 Å². The average molecular weight is 398 g/mol. The van der Waals surface area contributed by atoms with E-state index in [0.717, 1.165) is 62.4 Å². The third-order valence-electron chi connectivity index (χ3n) is 6.10. The van der Waals surface area contributed by atoms with Crippen LogP contribution >= 0.6 is 0 Å². The van der Waals surface area contributed by atoms with Gasteiger partial charge in [-0.3, -0.25) is 4.79 Å². The van der Waals surface area contributed by atoms with Crippen molar-refractivity contribution in [3.05, 3.63) is 30.7 Å². The highest BCUT2D eigenvalue weighted by Crippen LogP contribution is 2.33. The molecule has 0 atom stereocenters. The van der Waals surface area contributed by atoms with E-state index in [9.17, 15) is 9.59 Å². The molecule has 0 spiro atoms. The zero-order valence-corrected chi connectivity index (χ0v) is 17.0. The summed E-state index contributed by atoms with van der Waals surface area (Å²) < 4.78 is 1.88.